The Bertz CT molecular complexity index is 660. The zero-order valence-electron chi connectivity index (χ0n) is 13.6. The van der Waals surface area contributed by atoms with E-state index in [0.29, 0.717) is 22.3 Å². The highest BCUT2D eigenvalue weighted by atomic mass is 35.5. The minimum atomic E-state index is -0.332. The Labute approximate surface area is 151 Å². The number of hydrogen-bond donors (Lipinski definition) is 2. The molecular weight excluding hydrogens is 351 g/mol. The lowest BCUT2D eigenvalue weighted by Crippen LogP contribution is -2.58. The first-order chi connectivity index (χ1) is 11.3. The topological polar surface area (TPSA) is 64.7 Å². The van der Waals surface area contributed by atoms with Gasteiger partial charge in [-0.1, -0.05) is 29.3 Å². The summed E-state index contributed by atoms with van der Waals surface area (Å²) in [5, 5.41) is 6.54. The van der Waals surface area contributed by atoms with E-state index in [1.165, 1.54) is 0 Å². The third-order valence-corrected chi connectivity index (χ3v) is 5.14. The standard InChI is InChI=1S/C16H20Cl2N4O2/c1-16(2)20-15(24)12-8-21(6-7-22(12)16)9-13(23)19-14-10(17)4-3-5-11(14)18/h3-5,12H,6-9H2,1-2H3,(H,19,23)(H,20,24). The van der Waals surface area contributed by atoms with Crippen molar-refractivity contribution in [1.29, 1.82) is 0 Å². The summed E-state index contributed by atoms with van der Waals surface area (Å²) in [6, 6.07) is 4.85. The average molecular weight is 371 g/mol. The van der Waals surface area contributed by atoms with Crippen molar-refractivity contribution < 1.29 is 9.59 Å². The maximum atomic E-state index is 12.3. The molecule has 6 nitrogen and oxygen atoms in total. The predicted octanol–water partition coefficient (Wildman–Crippen LogP) is 1.78. The van der Waals surface area contributed by atoms with Gasteiger partial charge in [-0.3, -0.25) is 19.4 Å². The minimum Gasteiger partial charge on any atom is -0.337 e. The van der Waals surface area contributed by atoms with E-state index < -0.39 is 0 Å². The Hall–Kier alpha value is -1.34. The fourth-order valence-corrected chi connectivity index (χ4v) is 3.82. The van der Waals surface area contributed by atoms with Crippen molar-refractivity contribution in [1.82, 2.24) is 15.1 Å². The van der Waals surface area contributed by atoms with Crippen LogP contribution in [0.4, 0.5) is 5.69 Å². The van der Waals surface area contributed by atoms with Gasteiger partial charge in [0.05, 0.1) is 27.9 Å². The first-order valence-electron chi connectivity index (χ1n) is 7.83. The van der Waals surface area contributed by atoms with Crippen molar-refractivity contribution in [2.24, 2.45) is 0 Å². The SMILES string of the molecule is CC1(C)NC(=O)C2CN(CC(=O)Nc3c(Cl)cccc3Cl)CCN21. The maximum absolute atomic E-state index is 12.3. The van der Waals surface area contributed by atoms with Gasteiger partial charge in [0.1, 0.15) is 6.04 Å². The van der Waals surface area contributed by atoms with Gasteiger partial charge in [0, 0.05) is 19.6 Å². The van der Waals surface area contributed by atoms with Crippen LogP contribution in [0.1, 0.15) is 13.8 Å². The fraction of sp³-hybridized carbons (Fsp3) is 0.500. The van der Waals surface area contributed by atoms with Crippen LogP contribution in [0.15, 0.2) is 18.2 Å². The lowest BCUT2D eigenvalue weighted by Gasteiger charge is -2.40. The van der Waals surface area contributed by atoms with E-state index in [1.807, 2.05) is 18.7 Å². The summed E-state index contributed by atoms with van der Waals surface area (Å²) in [4.78, 5) is 28.5. The molecule has 2 amide bonds. The third-order valence-electron chi connectivity index (χ3n) is 4.51. The molecule has 2 fully saturated rings. The van der Waals surface area contributed by atoms with Gasteiger partial charge >= 0.3 is 0 Å². The van der Waals surface area contributed by atoms with Gasteiger partial charge in [-0.15, -0.1) is 0 Å². The summed E-state index contributed by atoms with van der Waals surface area (Å²) in [7, 11) is 0. The smallest absolute Gasteiger partial charge is 0.240 e. The van der Waals surface area contributed by atoms with Crippen molar-refractivity contribution in [3.05, 3.63) is 28.2 Å². The number of amides is 2. The van der Waals surface area contributed by atoms with Crippen molar-refractivity contribution in [3.63, 3.8) is 0 Å². The molecule has 8 heteroatoms. The van der Waals surface area contributed by atoms with E-state index in [4.69, 9.17) is 23.2 Å². The lowest BCUT2D eigenvalue weighted by atomic mass is 10.1. The Morgan fingerprint density at radius 1 is 1.33 bits per heavy atom. The normalized spacial score (nSPS) is 23.7. The molecule has 1 aromatic rings. The number of carbonyl (C=O) groups excluding carboxylic acids is 2. The first-order valence-corrected chi connectivity index (χ1v) is 8.58. The number of anilines is 1. The van der Waals surface area contributed by atoms with Crippen LogP contribution >= 0.6 is 23.2 Å². The molecule has 2 aliphatic rings. The highest BCUT2D eigenvalue weighted by Gasteiger charge is 2.47. The van der Waals surface area contributed by atoms with E-state index in [9.17, 15) is 9.59 Å². The summed E-state index contributed by atoms with van der Waals surface area (Å²) >= 11 is 12.1. The number of halogens is 2. The number of para-hydroxylation sites is 1. The third kappa shape index (κ3) is 3.37. The molecule has 1 unspecified atom stereocenters. The highest BCUT2D eigenvalue weighted by Crippen LogP contribution is 2.30. The second-order valence-electron chi connectivity index (χ2n) is 6.64. The molecule has 2 aliphatic heterocycles. The van der Waals surface area contributed by atoms with Crippen LogP contribution in [0, 0.1) is 0 Å². The van der Waals surface area contributed by atoms with Crippen LogP contribution < -0.4 is 10.6 Å². The van der Waals surface area contributed by atoms with E-state index in [-0.39, 0.29) is 30.1 Å². The molecule has 2 N–H and O–H groups in total. The van der Waals surface area contributed by atoms with Crippen LogP contribution in [0.3, 0.4) is 0 Å². The number of carbonyl (C=O) groups is 2. The van der Waals surface area contributed by atoms with Gasteiger partial charge in [0.2, 0.25) is 11.8 Å². The molecule has 0 aliphatic carbocycles. The number of nitrogens with zero attached hydrogens (tertiary/aromatic N) is 2. The number of nitrogens with one attached hydrogen (secondary N) is 2. The highest BCUT2D eigenvalue weighted by molar-refractivity contribution is 6.39. The second kappa shape index (κ2) is 6.52. The Balaban J connectivity index is 1.61. The van der Waals surface area contributed by atoms with Gasteiger partial charge in [-0.05, 0) is 26.0 Å². The number of piperazine rings is 1. The molecule has 130 valence electrons. The van der Waals surface area contributed by atoms with Crippen molar-refractivity contribution in [3.8, 4) is 0 Å². The minimum absolute atomic E-state index is 0.0132. The Morgan fingerprint density at radius 2 is 2.00 bits per heavy atom. The molecular formula is C16H20Cl2N4O2. The van der Waals surface area contributed by atoms with Gasteiger partial charge in [0.25, 0.3) is 0 Å². The first kappa shape index (κ1) is 17.5. The van der Waals surface area contributed by atoms with Gasteiger partial charge < -0.3 is 10.6 Å². The van der Waals surface area contributed by atoms with Gasteiger partial charge in [0.15, 0.2) is 0 Å². The molecule has 3 rings (SSSR count). The average Bonchev–Trinajstić information content (AvgIpc) is 2.72. The van der Waals surface area contributed by atoms with Crippen molar-refractivity contribution in [2.45, 2.75) is 25.6 Å². The largest absolute Gasteiger partial charge is 0.337 e. The van der Waals surface area contributed by atoms with Gasteiger partial charge in [-0.25, -0.2) is 0 Å². The molecule has 0 spiro atoms. The predicted molar refractivity (Wildman–Crippen MR) is 94.2 cm³/mol. The molecule has 2 saturated heterocycles. The second-order valence-corrected chi connectivity index (χ2v) is 7.45. The molecule has 0 aromatic heterocycles. The number of benzene rings is 1. The Morgan fingerprint density at radius 3 is 2.67 bits per heavy atom. The zero-order chi connectivity index (χ0) is 17.5. The molecule has 1 atom stereocenters. The van der Waals surface area contributed by atoms with Crippen LogP contribution in [0.25, 0.3) is 0 Å². The van der Waals surface area contributed by atoms with Crippen molar-refractivity contribution in [2.75, 3.05) is 31.5 Å². The van der Waals surface area contributed by atoms with E-state index in [0.717, 1.165) is 13.1 Å². The summed E-state index contributed by atoms with van der Waals surface area (Å²) in [6.07, 6.45) is 0. The van der Waals surface area contributed by atoms with Crippen LogP contribution in [0.5, 0.6) is 0 Å². The monoisotopic (exact) mass is 370 g/mol. The molecule has 1 aromatic carbocycles. The quantitative estimate of drug-likeness (QED) is 0.850. The summed E-state index contributed by atoms with van der Waals surface area (Å²) in [5.41, 5.74) is 0.0884. The van der Waals surface area contributed by atoms with Crippen LogP contribution in [-0.2, 0) is 9.59 Å². The van der Waals surface area contributed by atoms with Crippen LogP contribution in [0.2, 0.25) is 10.0 Å². The van der Waals surface area contributed by atoms with Gasteiger partial charge in [-0.2, -0.15) is 0 Å². The number of hydrogen-bond acceptors (Lipinski definition) is 4. The molecule has 2 heterocycles. The maximum Gasteiger partial charge on any atom is 0.240 e. The molecule has 24 heavy (non-hydrogen) atoms. The van der Waals surface area contributed by atoms with E-state index in [2.05, 4.69) is 15.5 Å². The lowest BCUT2D eigenvalue weighted by molar-refractivity contribution is -0.124. The number of fused-ring (bicyclic) bond motifs is 1. The summed E-state index contributed by atoms with van der Waals surface area (Å²) < 4.78 is 0. The van der Waals surface area contributed by atoms with Crippen LogP contribution in [-0.4, -0.2) is 59.5 Å². The Kier molecular flexibility index (Phi) is 4.75. The molecule has 0 radical (unpaired) electrons. The zero-order valence-corrected chi connectivity index (χ0v) is 15.1. The summed E-state index contributed by atoms with van der Waals surface area (Å²) in [5.74, 6) is -0.185. The van der Waals surface area contributed by atoms with E-state index in [1.54, 1.807) is 18.2 Å². The number of rotatable bonds is 3. The van der Waals surface area contributed by atoms with Crippen molar-refractivity contribution >= 4 is 40.7 Å². The fourth-order valence-electron chi connectivity index (χ4n) is 3.33. The van der Waals surface area contributed by atoms with E-state index >= 15 is 0 Å². The summed E-state index contributed by atoms with van der Waals surface area (Å²) in [6.45, 7) is 6.16. The molecule has 0 bridgehead atoms. The molecule has 0 saturated carbocycles.